The van der Waals surface area contributed by atoms with E-state index in [-0.39, 0.29) is 18.0 Å². The quantitative estimate of drug-likeness (QED) is 0.849. The molecule has 0 radical (unpaired) electrons. The Labute approximate surface area is 153 Å². The molecule has 4 nitrogen and oxygen atoms in total. The number of amides is 2. The lowest BCUT2D eigenvalue weighted by atomic mass is 10.1. The van der Waals surface area contributed by atoms with Gasteiger partial charge in [0.15, 0.2) is 0 Å². The second kappa shape index (κ2) is 8.23. The number of hydrogen-bond donors (Lipinski definition) is 1. The van der Waals surface area contributed by atoms with Gasteiger partial charge < -0.3 is 10.2 Å². The molecule has 0 aliphatic rings. The van der Waals surface area contributed by atoms with E-state index in [1.807, 2.05) is 0 Å². The van der Waals surface area contributed by atoms with Gasteiger partial charge in [-0.05, 0) is 35.9 Å². The van der Waals surface area contributed by atoms with Crippen LogP contribution in [0.5, 0.6) is 0 Å². The summed E-state index contributed by atoms with van der Waals surface area (Å²) in [5.74, 6) is -1.03. The largest absolute Gasteiger partial charge is 0.405 e. The molecular weight excluding hydrogens is 369 g/mol. The van der Waals surface area contributed by atoms with Crippen molar-refractivity contribution in [2.24, 2.45) is 0 Å². The lowest BCUT2D eigenvalue weighted by molar-refractivity contribution is -0.123. The summed E-state index contributed by atoms with van der Waals surface area (Å²) in [5, 5.41) is 2.26. The summed E-state index contributed by atoms with van der Waals surface area (Å²) in [7, 11) is 1.62. The Kier molecular flexibility index (Phi) is 6.26. The van der Waals surface area contributed by atoms with Crippen LogP contribution in [0, 0.1) is 0 Å². The molecule has 0 bridgehead atoms. The smallest absolute Gasteiger partial charge is 0.343 e. The van der Waals surface area contributed by atoms with Crippen molar-refractivity contribution < 1.29 is 22.8 Å². The normalized spacial score (nSPS) is 11.1. The molecule has 8 heteroatoms. The maximum atomic E-state index is 12.4. The number of halogens is 4. The first-order valence-corrected chi connectivity index (χ1v) is 7.98. The molecule has 2 rings (SSSR count). The second-order valence-corrected chi connectivity index (χ2v) is 6.10. The molecule has 0 aliphatic carbocycles. The van der Waals surface area contributed by atoms with E-state index in [2.05, 4.69) is 0 Å². The minimum atomic E-state index is -4.46. The van der Waals surface area contributed by atoms with E-state index >= 15 is 0 Å². The number of rotatable bonds is 5. The highest BCUT2D eigenvalue weighted by Crippen LogP contribution is 2.15. The SMILES string of the molecule is CN(Cc1ccc(C(=O)NCC(F)(F)F)cc1)C(=O)c1cccc(Cl)c1. The van der Waals surface area contributed by atoms with E-state index in [1.54, 1.807) is 48.8 Å². The Morgan fingerprint density at radius 2 is 1.73 bits per heavy atom. The van der Waals surface area contributed by atoms with E-state index in [1.165, 1.54) is 17.0 Å². The fourth-order valence-electron chi connectivity index (χ4n) is 2.23. The molecule has 0 saturated heterocycles. The van der Waals surface area contributed by atoms with Crippen molar-refractivity contribution in [3.8, 4) is 0 Å². The third kappa shape index (κ3) is 5.77. The van der Waals surface area contributed by atoms with Gasteiger partial charge >= 0.3 is 6.18 Å². The van der Waals surface area contributed by atoms with Crippen LogP contribution in [-0.2, 0) is 6.54 Å². The third-order valence-electron chi connectivity index (χ3n) is 3.50. The number of hydrogen-bond acceptors (Lipinski definition) is 2. The van der Waals surface area contributed by atoms with Crippen molar-refractivity contribution in [2.75, 3.05) is 13.6 Å². The number of carbonyl (C=O) groups excluding carboxylic acids is 2. The zero-order valence-corrected chi connectivity index (χ0v) is 14.6. The van der Waals surface area contributed by atoms with Crippen molar-refractivity contribution in [3.05, 3.63) is 70.2 Å². The Bertz CT molecular complexity index is 792. The number of benzene rings is 2. The molecule has 0 spiro atoms. The number of nitrogens with one attached hydrogen (secondary N) is 1. The van der Waals surface area contributed by atoms with E-state index in [0.29, 0.717) is 10.6 Å². The molecule has 26 heavy (non-hydrogen) atoms. The van der Waals surface area contributed by atoms with E-state index in [4.69, 9.17) is 11.6 Å². The van der Waals surface area contributed by atoms with Crippen molar-refractivity contribution in [1.82, 2.24) is 10.2 Å². The number of alkyl halides is 3. The molecule has 1 N–H and O–H groups in total. The van der Waals surface area contributed by atoms with Crippen LogP contribution >= 0.6 is 11.6 Å². The average Bonchev–Trinajstić information content (AvgIpc) is 2.59. The maximum absolute atomic E-state index is 12.4. The topological polar surface area (TPSA) is 49.4 Å². The standard InChI is InChI=1S/C18H16ClF3N2O2/c1-24(17(26)14-3-2-4-15(19)9-14)10-12-5-7-13(8-6-12)16(25)23-11-18(20,21)22/h2-9H,10-11H2,1H3,(H,23,25). The first-order chi connectivity index (χ1) is 12.2. The van der Waals surface area contributed by atoms with Crippen LogP contribution < -0.4 is 5.32 Å². The van der Waals surface area contributed by atoms with Crippen molar-refractivity contribution in [1.29, 1.82) is 0 Å². The van der Waals surface area contributed by atoms with Crippen molar-refractivity contribution in [2.45, 2.75) is 12.7 Å². The van der Waals surface area contributed by atoms with Crippen molar-refractivity contribution in [3.63, 3.8) is 0 Å². The zero-order valence-electron chi connectivity index (χ0n) is 13.8. The minimum Gasteiger partial charge on any atom is -0.343 e. The highest BCUT2D eigenvalue weighted by molar-refractivity contribution is 6.30. The molecule has 2 aromatic rings. The van der Waals surface area contributed by atoms with Crippen LogP contribution in [0.2, 0.25) is 5.02 Å². The van der Waals surface area contributed by atoms with Gasteiger partial charge in [-0.1, -0.05) is 29.8 Å². The Morgan fingerprint density at radius 3 is 2.31 bits per heavy atom. The summed E-state index contributed by atoms with van der Waals surface area (Å²) in [6, 6.07) is 12.6. The van der Waals surface area contributed by atoms with Crippen LogP contribution in [0.25, 0.3) is 0 Å². The van der Waals surface area contributed by atoms with Crippen molar-refractivity contribution >= 4 is 23.4 Å². The molecule has 0 aliphatic heterocycles. The molecule has 138 valence electrons. The molecule has 0 unspecified atom stereocenters. The van der Waals surface area contributed by atoms with Gasteiger partial charge in [-0.2, -0.15) is 13.2 Å². The van der Waals surface area contributed by atoms with Gasteiger partial charge in [0, 0.05) is 29.7 Å². The fraction of sp³-hybridized carbons (Fsp3) is 0.222. The van der Waals surface area contributed by atoms with Gasteiger partial charge in [-0.25, -0.2) is 0 Å². The molecular formula is C18H16ClF3N2O2. The zero-order chi connectivity index (χ0) is 19.3. The van der Waals surface area contributed by atoms with Gasteiger partial charge in [0.25, 0.3) is 11.8 Å². The Balaban J connectivity index is 1.98. The van der Waals surface area contributed by atoms with E-state index in [0.717, 1.165) is 5.56 Å². The molecule has 2 amide bonds. The molecule has 0 aromatic heterocycles. The van der Waals surface area contributed by atoms with Gasteiger partial charge in [-0.15, -0.1) is 0 Å². The highest BCUT2D eigenvalue weighted by Gasteiger charge is 2.27. The lowest BCUT2D eigenvalue weighted by Crippen LogP contribution is -2.33. The first kappa shape index (κ1) is 19.8. The van der Waals surface area contributed by atoms with Gasteiger partial charge in [-0.3, -0.25) is 9.59 Å². The van der Waals surface area contributed by atoms with Crippen LogP contribution in [0.3, 0.4) is 0 Å². The summed E-state index contributed by atoms with van der Waals surface area (Å²) >= 11 is 5.88. The van der Waals surface area contributed by atoms with Crippen LogP contribution in [0.1, 0.15) is 26.3 Å². The number of nitrogens with zero attached hydrogens (tertiary/aromatic N) is 1. The van der Waals surface area contributed by atoms with Gasteiger partial charge in [0.2, 0.25) is 0 Å². The monoisotopic (exact) mass is 384 g/mol. The average molecular weight is 385 g/mol. The number of carbonyl (C=O) groups is 2. The molecule has 0 atom stereocenters. The Morgan fingerprint density at radius 1 is 1.08 bits per heavy atom. The third-order valence-corrected chi connectivity index (χ3v) is 3.74. The molecule has 0 fully saturated rings. The summed E-state index contributed by atoms with van der Waals surface area (Å²) in [6.07, 6.45) is -4.46. The predicted octanol–water partition coefficient (Wildman–Crippen LogP) is 3.90. The molecule has 0 heterocycles. The predicted molar refractivity (Wildman–Crippen MR) is 92.1 cm³/mol. The minimum absolute atomic E-state index is 0.113. The fourth-order valence-corrected chi connectivity index (χ4v) is 2.42. The van der Waals surface area contributed by atoms with Crippen LogP contribution in [-0.4, -0.2) is 36.5 Å². The van der Waals surface area contributed by atoms with Gasteiger partial charge in [0.05, 0.1) is 0 Å². The first-order valence-electron chi connectivity index (χ1n) is 7.60. The van der Waals surface area contributed by atoms with E-state index < -0.39 is 18.6 Å². The van der Waals surface area contributed by atoms with Crippen LogP contribution in [0.4, 0.5) is 13.2 Å². The van der Waals surface area contributed by atoms with Gasteiger partial charge in [0.1, 0.15) is 6.54 Å². The summed E-state index contributed by atoms with van der Waals surface area (Å²) in [6.45, 7) is -1.11. The summed E-state index contributed by atoms with van der Waals surface area (Å²) in [5.41, 5.74) is 1.29. The molecule has 2 aromatic carbocycles. The Hall–Kier alpha value is -2.54. The lowest BCUT2D eigenvalue weighted by Gasteiger charge is -2.17. The summed E-state index contributed by atoms with van der Waals surface area (Å²) < 4.78 is 36.4. The van der Waals surface area contributed by atoms with Crippen LogP contribution in [0.15, 0.2) is 48.5 Å². The van der Waals surface area contributed by atoms with E-state index in [9.17, 15) is 22.8 Å². The highest BCUT2D eigenvalue weighted by atomic mass is 35.5. The second-order valence-electron chi connectivity index (χ2n) is 5.67. The summed E-state index contributed by atoms with van der Waals surface area (Å²) in [4.78, 5) is 25.5. The maximum Gasteiger partial charge on any atom is 0.405 e. The molecule has 0 saturated carbocycles.